The summed E-state index contributed by atoms with van der Waals surface area (Å²) in [6, 6.07) is 17.4. The summed E-state index contributed by atoms with van der Waals surface area (Å²) in [6.45, 7) is 0. The number of thioether (sulfide) groups is 1. The number of carboxylic acids is 1. The van der Waals surface area contributed by atoms with E-state index in [0.717, 1.165) is 23.4 Å². The molecule has 0 amide bonds. The normalized spacial score (nSPS) is 22.7. The molecule has 0 fully saturated rings. The minimum atomic E-state index is -1.45. The van der Waals surface area contributed by atoms with Crippen molar-refractivity contribution >= 4 is 17.7 Å². The summed E-state index contributed by atoms with van der Waals surface area (Å²) in [5.74, 6) is -0.931. The standard InChI is InChI=1S/C20H16N2O3S/c23-17(24)11-16-20(25,13-7-2-1-3-8-13)22-18-14-9-5-4-6-12(14)10-15(18)21-19(22)26-16/h1-9,16,25H,10-11H2,(H,23,24)/t16-,20+/m0/s1. The van der Waals surface area contributed by atoms with Gasteiger partial charge in [0, 0.05) is 17.5 Å². The second kappa shape index (κ2) is 5.46. The molecule has 2 N–H and O–H groups in total. The van der Waals surface area contributed by atoms with Crippen LogP contribution in [0.5, 0.6) is 0 Å². The van der Waals surface area contributed by atoms with Crippen LogP contribution in [0.2, 0.25) is 0 Å². The summed E-state index contributed by atoms with van der Waals surface area (Å²) >= 11 is 1.35. The third kappa shape index (κ3) is 2.03. The van der Waals surface area contributed by atoms with Crippen LogP contribution in [-0.4, -0.2) is 31.0 Å². The van der Waals surface area contributed by atoms with E-state index in [9.17, 15) is 15.0 Å². The van der Waals surface area contributed by atoms with Gasteiger partial charge >= 0.3 is 5.97 Å². The molecular weight excluding hydrogens is 348 g/mol. The molecule has 5 nitrogen and oxygen atoms in total. The zero-order valence-corrected chi connectivity index (χ0v) is 14.6. The number of rotatable bonds is 3. The molecule has 2 heterocycles. The molecule has 0 saturated carbocycles. The Morgan fingerprint density at radius 2 is 1.92 bits per heavy atom. The third-order valence-corrected chi connectivity index (χ3v) is 6.41. The molecule has 6 heteroatoms. The Balaban J connectivity index is 1.75. The van der Waals surface area contributed by atoms with Gasteiger partial charge in [0.15, 0.2) is 10.9 Å². The molecule has 2 atom stereocenters. The SMILES string of the molecule is O=C(O)C[C@@H]1Sc2nc3c(n2[C@@]1(O)c1ccccc1)-c1ccccc1C3. The minimum Gasteiger partial charge on any atom is -0.481 e. The summed E-state index contributed by atoms with van der Waals surface area (Å²) < 4.78 is 1.85. The van der Waals surface area contributed by atoms with Crippen molar-refractivity contribution in [2.75, 3.05) is 0 Å². The van der Waals surface area contributed by atoms with Crippen molar-refractivity contribution in [2.45, 2.75) is 29.0 Å². The van der Waals surface area contributed by atoms with E-state index in [0.29, 0.717) is 10.7 Å². The molecule has 2 aliphatic rings. The maximum Gasteiger partial charge on any atom is 0.304 e. The van der Waals surface area contributed by atoms with Gasteiger partial charge in [-0.25, -0.2) is 4.98 Å². The molecule has 1 aliphatic carbocycles. The minimum absolute atomic E-state index is 0.143. The second-order valence-electron chi connectivity index (χ2n) is 6.66. The van der Waals surface area contributed by atoms with Gasteiger partial charge in [0.1, 0.15) is 0 Å². The number of aliphatic hydroxyl groups is 1. The zero-order chi connectivity index (χ0) is 17.9. The number of aliphatic carboxylic acids is 1. The van der Waals surface area contributed by atoms with Crippen molar-refractivity contribution in [3.8, 4) is 11.3 Å². The number of aromatic nitrogens is 2. The van der Waals surface area contributed by atoms with Crippen LogP contribution in [0, 0.1) is 0 Å². The molecule has 1 aromatic heterocycles. The Morgan fingerprint density at radius 3 is 2.69 bits per heavy atom. The molecular formula is C20H16N2O3S. The number of imidazole rings is 1. The van der Waals surface area contributed by atoms with Gasteiger partial charge in [0.05, 0.1) is 23.1 Å². The number of benzene rings is 2. The summed E-state index contributed by atoms with van der Waals surface area (Å²) in [4.78, 5) is 16.2. The van der Waals surface area contributed by atoms with Crippen LogP contribution in [0.3, 0.4) is 0 Å². The van der Waals surface area contributed by atoms with E-state index in [1.165, 1.54) is 17.3 Å². The first kappa shape index (κ1) is 15.7. The summed E-state index contributed by atoms with van der Waals surface area (Å²) in [7, 11) is 0. The summed E-state index contributed by atoms with van der Waals surface area (Å²) in [5.41, 5.74) is 3.33. The Hall–Kier alpha value is -2.57. The molecule has 0 saturated heterocycles. The number of nitrogens with zero attached hydrogens (tertiary/aromatic N) is 2. The van der Waals surface area contributed by atoms with Gasteiger partial charge in [-0.2, -0.15) is 0 Å². The quantitative estimate of drug-likeness (QED) is 0.584. The molecule has 1 aliphatic heterocycles. The van der Waals surface area contributed by atoms with E-state index in [2.05, 4.69) is 6.07 Å². The van der Waals surface area contributed by atoms with Crippen LogP contribution in [-0.2, 0) is 16.9 Å². The maximum atomic E-state index is 11.8. The predicted molar refractivity (Wildman–Crippen MR) is 98.1 cm³/mol. The van der Waals surface area contributed by atoms with Gasteiger partial charge in [-0.15, -0.1) is 0 Å². The number of fused-ring (bicyclic) bond motifs is 5. The monoisotopic (exact) mass is 364 g/mol. The number of hydrogen-bond donors (Lipinski definition) is 2. The summed E-state index contributed by atoms with van der Waals surface area (Å²) in [5, 5.41) is 21.4. The first-order valence-electron chi connectivity index (χ1n) is 8.45. The van der Waals surface area contributed by atoms with Gasteiger partial charge < -0.3 is 10.2 Å². The lowest BCUT2D eigenvalue weighted by atomic mass is 9.96. The Kier molecular flexibility index (Phi) is 3.29. The van der Waals surface area contributed by atoms with E-state index in [1.54, 1.807) is 0 Å². The average Bonchev–Trinajstić information content (AvgIpc) is 3.23. The van der Waals surface area contributed by atoms with Crippen LogP contribution < -0.4 is 0 Å². The highest BCUT2D eigenvalue weighted by Crippen LogP contribution is 2.53. The van der Waals surface area contributed by atoms with Crippen molar-refractivity contribution < 1.29 is 15.0 Å². The van der Waals surface area contributed by atoms with Gasteiger partial charge in [-0.3, -0.25) is 9.36 Å². The number of hydrogen-bond acceptors (Lipinski definition) is 4. The lowest BCUT2D eigenvalue weighted by Gasteiger charge is -2.32. The van der Waals surface area contributed by atoms with Crippen LogP contribution >= 0.6 is 11.8 Å². The van der Waals surface area contributed by atoms with Crippen LogP contribution in [0.15, 0.2) is 59.8 Å². The van der Waals surface area contributed by atoms with Gasteiger partial charge in [-0.1, -0.05) is 66.4 Å². The highest BCUT2D eigenvalue weighted by Gasteiger charge is 2.52. The third-order valence-electron chi connectivity index (χ3n) is 5.15. The van der Waals surface area contributed by atoms with E-state index >= 15 is 0 Å². The Morgan fingerprint density at radius 1 is 1.19 bits per heavy atom. The van der Waals surface area contributed by atoms with Crippen molar-refractivity contribution in [3.05, 3.63) is 71.4 Å². The van der Waals surface area contributed by atoms with Crippen molar-refractivity contribution in [1.82, 2.24) is 9.55 Å². The first-order chi connectivity index (χ1) is 12.6. The fraction of sp³-hybridized carbons (Fsp3) is 0.200. The van der Waals surface area contributed by atoms with E-state index in [-0.39, 0.29) is 6.42 Å². The number of carbonyl (C=O) groups is 1. The lowest BCUT2D eigenvalue weighted by Crippen LogP contribution is -2.42. The summed E-state index contributed by atoms with van der Waals surface area (Å²) in [6.07, 6.45) is 0.594. The topological polar surface area (TPSA) is 75.3 Å². The lowest BCUT2D eigenvalue weighted by molar-refractivity contribution is -0.138. The molecule has 130 valence electrons. The molecule has 0 radical (unpaired) electrons. The van der Waals surface area contributed by atoms with E-state index < -0.39 is 16.9 Å². The largest absolute Gasteiger partial charge is 0.481 e. The fourth-order valence-corrected chi connectivity index (χ4v) is 5.40. The molecule has 2 aromatic carbocycles. The highest BCUT2D eigenvalue weighted by molar-refractivity contribution is 8.00. The van der Waals surface area contributed by atoms with Crippen molar-refractivity contribution in [1.29, 1.82) is 0 Å². The van der Waals surface area contributed by atoms with Crippen molar-refractivity contribution in [3.63, 3.8) is 0 Å². The number of carboxylic acid groups (broad SMARTS) is 1. The zero-order valence-electron chi connectivity index (χ0n) is 13.8. The van der Waals surface area contributed by atoms with Gasteiger partial charge in [0.25, 0.3) is 0 Å². The van der Waals surface area contributed by atoms with Crippen LogP contribution in [0.4, 0.5) is 0 Å². The van der Waals surface area contributed by atoms with E-state index in [1.807, 2.05) is 53.1 Å². The average molecular weight is 364 g/mol. The van der Waals surface area contributed by atoms with Crippen LogP contribution in [0.1, 0.15) is 23.2 Å². The molecule has 0 spiro atoms. The highest BCUT2D eigenvalue weighted by atomic mass is 32.2. The molecule has 26 heavy (non-hydrogen) atoms. The van der Waals surface area contributed by atoms with Crippen molar-refractivity contribution in [2.24, 2.45) is 0 Å². The molecule has 0 unspecified atom stereocenters. The Bertz CT molecular complexity index is 1030. The molecule has 5 rings (SSSR count). The predicted octanol–water partition coefficient (Wildman–Crippen LogP) is 3.10. The fourth-order valence-electron chi connectivity index (χ4n) is 4.02. The van der Waals surface area contributed by atoms with E-state index in [4.69, 9.17) is 4.98 Å². The Labute approximate surface area is 154 Å². The maximum absolute atomic E-state index is 11.8. The van der Waals surface area contributed by atoms with Crippen LogP contribution in [0.25, 0.3) is 11.3 Å². The smallest absolute Gasteiger partial charge is 0.304 e. The molecule has 3 aromatic rings. The first-order valence-corrected chi connectivity index (χ1v) is 9.33. The second-order valence-corrected chi connectivity index (χ2v) is 7.83. The van der Waals surface area contributed by atoms with Gasteiger partial charge in [-0.05, 0) is 5.56 Å². The molecule has 0 bridgehead atoms. The van der Waals surface area contributed by atoms with Gasteiger partial charge in [0.2, 0.25) is 0 Å².